The SMILES string of the molecule is C[C@H](NC(=O)c1ccc(F)cc1)c1ccccc1. The van der Waals surface area contributed by atoms with Crippen molar-refractivity contribution >= 4 is 5.91 Å². The van der Waals surface area contributed by atoms with E-state index in [2.05, 4.69) is 5.32 Å². The molecule has 0 saturated carbocycles. The van der Waals surface area contributed by atoms with Crippen LogP contribution in [0.1, 0.15) is 28.9 Å². The van der Waals surface area contributed by atoms with Crippen molar-refractivity contribution < 1.29 is 9.18 Å². The van der Waals surface area contributed by atoms with E-state index in [0.717, 1.165) is 5.56 Å². The lowest BCUT2D eigenvalue weighted by atomic mass is 10.1. The first-order chi connectivity index (χ1) is 8.66. The second-order valence-corrected chi connectivity index (χ2v) is 4.11. The fourth-order valence-corrected chi connectivity index (χ4v) is 1.71. The molecule has 0 bridgehead atoms. The van der Waals surface area contributed by atoms with Crippen LogP contribution in [-0.4, -0.2) is 5.91 Å². The van der Waals surface area contributed by atoms with Gasteiger partial charge in [-0.25, -0.2) is 4.39 Å². The van der Waals surface area contributed by atoms with E-state index in [-0.39, 0.29) is 17.8 Å². The predicted octanol–water partition coefficient (Wildman–Crippen LogP) is 3.32. The molecule has 3 heteroatoms. The zero-order chi connectivity index (χ0) is 13.0. The Kier molecular flexibility index (Phi) is 3.72. The Hall–Kier alpha value is -2.16. The third kappa shape index (κ3) is 2.94. The molecule has 0 saturated heterocycles. The Balaban J connectivity index is 2.06. The molecule has 0 unspecified atom stereocenters. The van der Waals surface area contributed by atoms with E-state index >= 15 is 0 Å². The van der Waals surface area contributed by atoms with Crippen LogP contribution >= 0.6 is 0 Å². The lowest BCUT2D eigenvalue weighted by molar-refractivity contribution is 0.0940. The Labute approximate surface area is 105 Å². The van der Waals surface area contributed by atoms with Gasteiger partial charge >= 0.3 is 0 Å². The standard InChI is InChI=1S/C15H14FNO/c1-11(12-5-3-2-4-6-12)17-15(18)13-7-9-14(16)10-8-13/h2-11H,1H3,(H,17,18)/t11-/m0/s1. The Morgan fingerprint density at radius 3 is 2.28 bits per heavy atom. The monoisotopic (exact) mass is 243 g/mol. The largest absolute Gasteiger partial charge is 0.346 e. The van der Waals surface area contributed by atoms with Crippen LogP contribution in [0.15, 0.2) is 54.6 Å². The first kappa shape index (κ1) is 12.3. The van der Waals surface area contributed by atoms with E-state index in [9.17, 15) is 9.18 Å². The first-order valence-electron chi connectivity index (χ1n) is 5.78. The highest BCUT2D eigenvalue weighted by Gasteiger charge is 2.10. The molecule has 0 heterocycles. The number of halogens is 1. The van der Waals surface area contributed by atoms with Gasteiger partial charge in [-0.3, -0.25) is 4.79 Å². The van der Waals surface area contributed by atoms with Crippen molar-refractivity contribution in [1.82, 2.24) is 5.32 Å². The summed E-state index contributed by atoms with van der Waals surface area (Å²) in [6, 6.07) is 15.1. The summed E-state index contributed by atoms with van der Waals surface area (Å²) in [5.41, 5.74) is 1.49. The highest BCUT2D eigenvalue weighted by atomic mass is 19.1. The topological polar surface area (TPSA) is 29.1 Å². The molecule has 0 aromatic heterocycles. The van der Waals surface area contributed by atoms with Gasteiger partial charge in [-0.15, -0.1) is 0 Å². The maximum atomic E-state index is 12.7. The summed E-state index contributed by atoms with van der Waals surface area (Å²) < 4.78 is 12.7. The van der Waals surface area contributed by atoms with Crippen molar-refractivity contribution in [3.05, 3.63) is 71.5 Å². The van der Waals surface area contributed by atoms with Crippen LogP contribution in [0, 0.1) is 5.82 Å². The molecule has 0 aliphatic carbocycles. The molecule has 92 valence electrons. The number of rotatable bonds is 3. The lowest BCUT2D eigenvalue weighted by Crippen LogP contribution is -2.26. The molecule has 1 amide bonds. The smallest absolute Gasteiger partial charge is 0.251 e. The van der Waals surface area contributed by atoms with Crippen molar-refractivity contribution in [3.63, 3.8) is 0 Å². The Bertz CT molecular complexity index is 522. The second-order valence-electron chi connectivity index (χ2n) is 4.11. The van der Waals surface area contributed by atoms with Crippen molar-refractivity contribution in [2.24, 2.45) is 0 Å². The van der Waals surface area contributed by atoms with Gasteiger partial charge in [-0.1, -0.05) is 30.3 Å². The summed E-state index contributed by atoms with van der Waals surface area (Å²) in [6.07, 6.45) is 0. The molecule has 0 spiro atoms. The fraction of sp³-hybridized carbons (Fsp3) is 0.133. The van der Waals surface area contributed by atoms with Crippen LogP contribution in [0.4, 0.5) is 4.39 Å². The van der Waals surface area contributed by atoms with E-state index in [1.165, 1.54) is 24.3 Å². The zero-order valence-electron chi connectivity index (χ0n) is 10.1. The van der Waals surface area contributed by atoms with Gasteiger partial charge < -0.3 is 5.32 Å². The fourth-order valence-electron chi connectivity index (χ4n) is 1.71. The average molecular weight is 243 g/mol. The van der Waals surface area contributed by atoms with Crippen LogP contribution in [-0.2, 0) is 0 Å². The van der Waals surface area contributed by atoms with Gasteiger partial charge in [0.15, 0.2) is 0 Å². The number of carbonyl (C=O) groups excluding carboxylic acids is 1. The minimum atomic E-state index is -0.345. The van der Waals surface area contributed by atoms with Crippen molar-refractivity contribution in [1.29, 1.82) is 0 Å². The summed E-state index contributed by atoms with van der Waals surface area (Å²) in [6.45, 7) is 1.91. The summed E-state index contributed by atoms with van der Waals surface area (Å²) in [4.78, 5) is 11.9. The van der Waals surface area contributed by atoms with Crippen LogP contribution in [0.2, 0.25) is 0 Å². The maximum absolute atomic E-state index is 12.7. The van der Waals surface area contributed by atoms with Crippen LogP contribution in [0.25, 0.3) is 0 Å². The molecular weight excluding hydrogens is 229 g/mol. The Morgan fingerprint density at radius 2 is 1.67 bits per heavy atom. The highest BCUT2D eigenvalue weighted by Crippen LogP contribution is 2.12. The van der Waals surface area contributed by atoms with Gasteiger partial charge in [-0.2, -0.15) is 0 Å². The first-order valence-corrected chi connectivity index (χ1v) is 5.78. The molecule has 1 atom stereocenters. The van der Waals surface area contributed by atoms with Crippen molar-refractivity contribution in [2.75, 3.05) is 0 Å². The number of nitrogens with one attached hydrogen (secondary N) is 1. The summed E-state index contributed by atoms with van der Waals surface area (Å²) in [5.74, 6) is -0.547. The molecule has 0 radical (unpaired) electrons. The molecule has 2 aromatic carbocycles. The number of carbonyl (C=O) groups is 1. The number of benzene rings is 2. The molecule has 2 nitrogen and oxygen atoms in total. The molecule has 1 N–H and O–H groups in total. The third-order valence-electron chi connectivity index (χ3n) is 2.75. The maximum Gasteiger partial charge on any atom is 0.251 e. The van der Waals surface area contributed by atoms with Gasteiger partial charge in [0.25, 0.3) is 5.91 Å². The van der Waals surface area contributed by atoms with Gasteiger partial charge in [0.1, 0.15) is 5.82 Å². The number of hydrogen-bond acceptors (Lipinski definition) is 1. The van der Waals surface area contributed by atoms with Crippen molar-refractivity contribution in [2.45, 2.75) is 13.0 Å². The molecular formula is C15H14FNO. The van der Waals surface area contributed by atoms with Crippen molar-refractivity contribution in [3.8, 4) is 0 Å². The van der Waals surface area contributed by atoms with E-state index in [1.807, 2.05) is 37.3 Å². The molecule has 2 rings (SSSR count). The average Bonchev–Trinajstić information content (AvgIpc) is 2.40. The molecule has 0 aliphatic heterocycles. The van der Waals surface area contributed by atoms with Crippen LogP contribution < -0.4 is 5.32 Å². The minimum absolute atomic E-state index is 0.0799. The normalized spacial score (nSPS) is 11.9. The highest BCUT2D eigenvalue weighted by molar-refractivity contribution is 5.94. The van der Waals surface area contributed by atoms with Gasteiger partial charge in [0.05, 0.1) is 6.04 Å². The van der Waals surface area contributed by atoms with E-state index < -0.39 is 0 Å². The summed E-state index contributed by atoms with van der Waals surface area (Å²) in [5, 5.41) is 2.87. The molecule has 2 aromatic rings. The van der Waals surface area contributed by atoms with Gasteiger partial charge in [0, 0.05) is 5.56 Å². The summed E-state index contributed by atoms with van der Waals surface area (Å²) >= 11 is 0. The lowest BCUT2D eigenvalue weighted by Gasteiger charge is -2.14. The summed E-state index contributed by atoms with van der Waals surface area (Å²) in [7, 11) is 0. The van der Waals surface area contributed by atoms with Crippen LogP contribution in [0.3, 0.4) is 0 Å². The van der Waals surface area contributed by atoms with Gasteiger partial charge in [-0.05, 0) is 36.8 Å². The molecule has 0 fully saturated rings. The minimum Gasteiger partial charge on any atom is -0.346 e. The van der Waals surface area contributed by atoms with E-state index in [4.69, 9.17) is 0 Å². The molecule has 0 aliphatic rings. The van der Waals surface area contributed by atoms with E-state index in [1.54, 1.807) is 0 Å². The quantitative estimate of drug-likeness (QED) is 0.880. The number of amides is 1. The van der Waals surface area contributed by atoms with Crippen LogP contribution in [0.5, 0.6) is 0 Å². The zero-order valence-corrected chi connectivity index (χ0v) is 10.1. The van der Waals surface area contributed by atoms with Gasteiger partial charge in [0.2, 0.25) is 0 Å². The third-order valence-corrected chi connectivity index (χ3v) is 2.75. The number of hydrogen-bond donors (Lipinski definition) is 1. The second kappa shape index (κ2) is 5.45. The molecule has 18 heavy (non-hydrogen) atoms. The predicted molar refractivity (Wildman–Crippen MR) is 68.7 cm³/mol. The Morgan fingerprint density at radius 1 is 1.06 bits per heavy atom. The van der Waals surface area contributed by atoms with E-state index in [0.29, 0.717) is 5.56 Å².